The van der Waals surface area contributed by atoms with E-state index in [0.29, 0.717) is 13.0 Å². The minimum absolute atomic E-state index is 0.130. The summed E-state index contributed by atoms with van der Waals surface area (Å²) >= 11 is 0. The first-order valence-corrected chi connectivity index (χ1v) is 5.77. The fraction of sp³-hybridized carbons (Fsp3) is 0.818. The van der Waals surface area contributed by atoms with Crippen molar-refractivity contribution >= 4 is 11.9 Å². The van der Waals surface area contributed by atoms with Crippen LogP contribution in [0.15, 0.2) is 0 Å². The van der Waals surface area contributed by atoms with Gasteiger partial charge in [-0.25, -0.2) is 0 Å². The van der Waals surface area contributed by atoms with Crippen LogP contribution in [0.5, 0.6) is 0 Å². The maximum Gasteiger partial charge on any atom is 0.307 e. The topological polar surface area (TPSA) is 49.9 Å². The van der Waals surface area contributed by atoms with Crippen LogP contribution in [0, 0.1) is 0 Å². The summed E-state index contributed by atoms with van der Waals surface area (Å²) in [6, 6.07) is 0. The molecule has 0 bridgehead atoms. The van der Waals surface area contributed by atoms with Crippen LogP contribution < -0.4 is 0 Å². The normalized spacial score (nSPS) is 17.2. The lowest BCUT2D eigenvalue weighted by Gasteiger charge is -2.33. The van der Waals surface area contributed by atoms with Crippen LogP contribution in [0.2, 0.25) is 0 Å². The first-order chi connectivity index (χ1) is 7.63. The quantitative estimate of drug-likeness (QED) is 0.641. The second kappa shape index (κ2) is 6.48. The molecular formula is C11H20N2O3. The monoisotopic (exact) mass is 228 g/mol. The molecule has 0 aromatic rings. The number of ether oxygens (including phenoxy) is 1. The van der Waals surface area contributed by atoms with Crippen molar-refractivity contribution in [3.63, 3.8) is 0 Å². The van der Waals surface area contributed by atoms with Gasteiger partial charge in [0.05, 0.1) is 13.0 Å². The Labute approximate surface area is 96.3 Å². The Morgan fingerprint density at radius 2 is 1.81 bits per heavy atom. The van der Waals surface area contributed by atoms with E-state index in [1.165, 1.54) is 0 Å². The van der Waals surface area contributed by atoms with Crippen molar-refractivity contribution in [2.24, 2.45) is 0 Å². The Bertz CT molecular complexity index is 248. The first-order valence-electron chi connectivity index (χ1n) is 5.77. The van der Waals surface area contributed by atoms with E-state index in [0.717, 1.165) is 32.7 Å². The van der Waals surface area contributed by atoms with Gasteiger partial charge in [-0.05, 0) is 6.92 Å². The molecule has 92 valence electrons. The first kappa shape index (κ1) is 13.0. The van der Waals surface area contributed by atoms with E-state index in [1.54, 1.807) is 6.92 Å². The maximum atomic E-state index is 11.1. The van der Waals surface area contributed by atoms with Crippen molar-refractivity contribution in [3.8, 4) is 0 Å². The molecule has 16 heavy (non-hydrogen) atoms. The summed E-state index contributed by atoms with van der Waals surface area (Å²) in [6.07, 6.45) is 0.438. The van der Waals surface area contributed by atoms with Crippen LogP contribution in [-0.2, 0) is 14.3 Å². The zero-order valence-corrected chi connectivity index (χ0v) is 10.1. The summed E-state index contributed by atoms with van der Waals surface area (Å²) in [5.74, 6) is -0.0125. The van der Waals surface area contributed by atoms with Crippen molar-refractivity contribution in [2.45, 2.75) is 20.3 Å². The number of esters is 1. The van der Waals surface area contributed by atoms with Gasteiger partial charge in [0.25, 0.3) is 0 Å². The predicted octanol–water partition coefficient (Wildman–Crippen LogP) is 0.104. The number of piperazine rings is 1. The van der Waals surface area contributed by atoms with E-state index in [9.17, 15) is 9.59 Å². The van der Waals surface area contributed by atoms with Gasteiger partial charge in [-0.3, -0.25) is 14.5 Å². The summed E-state index contributed by atoms with van der Waals surface area (Å²) in [5.41, 5.74) is 0. The highest BCUT2D eigenvalue weighted by atomic mass is 16.5. The van der Waals surface area contributed by atoms with Gasteiger partial charge in [0.1, 0.15) is 0 Å². The van der Waals surface area contributed by atoms with Gasteiger partial charge in [0.2, 0.25) is 5.91 Å². The smallest absolute Gasteiger partial charge is 0.307 e. The number of carbonyl (C=O) groups is 2. The highest BCUT2D eigenvalue weighted by Crippen LogP contribution is 2.03. The third-order valence-corrected chi connectivity index (χ3v) is 2.76. The van der Waals surface area contributed by atoms with E-state index in [1.807, 2.05) is 11.8 Å². The summed E-state index contributed by atoms with van der Waals surface area (Å²) in [7, 11) is 0. The Kier molecular flexibility index (Phi) is 5.25. The van der Waals surface area contributed by atoms with Crippen molar-refractivity contribution in [2.75, 3.05) is 39.3 Å². The van der Waals surface area contributed by atoms with Gasteiger partial charge in [0, 0.05) is 39.6 Å². The molecule has 1 fully saturated rings. The Morgan fingerprint density at radius 3 is 2.31 bits per heavy atom. The molecule has 1 amide bonds. The third kappa shape index (κ3) is 4.18. The van der Waals surface area contributed by atoms with Crippen LogP contribution in [-0.4, -0.2) is 61.0 Å². The molecule has 1 saturated heterocycles. The van der Waals surface area contributed by atoms with E-state index in [-0.39, 0.29) is 11.9 Å². The number of carbonyl (C=O) groups excluding carboxylic acids is 2. The molecule has 0 aliphatic carbocycles. The van der Waals surface area contributed by atoms with Gasteiger partial charge < -0.3 is 9.64 Å². The van der Waals surface area contributed by atoms with E-state index in [2.05, 4.69) is 4.90 Å². The number of hydrogen-bond donors (Lipinski definition) is 0. The largest absolute Gasteiger partial charge is 0.466 e. The van der Waals surface area contributed by atoms with Gasteiger partial charge in [-0.15, -0.1) is 0 Å². The molecule has 0 N–H and O–H groups in total. The molecule has 0 aromatic carbocycles. The predicted molar refractivity (Wildman–Crippen MR) is 59.9 cm³/mol. The highest BCUT2D eigenvalue weighted by molar-refractivity contribution is 5.73. The van der Waals surface area contributed by atoms with Gasteiger partial charge >= 0.3 is 5.97 Å². The zero-order valence-electron chi connectivity index (χ0n) is 10.1. The van der Waals surface area contributed by atoms with Crippen LogP contribution in [0.4, 0.5) is 0 Å². The lowest BCUT2D eigenvalue weighted by molar-refractivity contribution is -0.143. The van der Waals surface area contributed by atoms with Crippen LogP contribution in [0.25, 0.3) is 0 Å². The Morgan fingerprint density at radius 1 is 1.19 bits per heavy atom. The molecular weight excluding hydrogens is 208 g/mol. The second-order valence-corrected chi connectivity index (χ2v) is 3.90. The van der Waals surface area contributed by atoms with Gasteiger partial charge in [0.15, 0.2) is 0 Å². The van der Waals surface area contributed by atoms with Crippen molar-refractivity contribution in [1.82, 2.24) is 9.80 Å². The molecule has 0 saturated carbocycles. The number of hydrogen-bond acceptors (Lipinski definition) is 4. The van der Waals surface area contributed by atoms with Gasteiger partial charge in [-0.1, -0.05) is 0 Å². The van der Waals surface area contributed by atoms with E-state index >= 15 is 0 Å². The molecule has 0 radical (unpaired) electrons. The van der Waals surface area contributed by atoms with Crippen molar-refractivity contribution < 1.29 is 14.3 Å². The molecule has 1 aliphatic heterocycles. The van der Waals surface area contributed by atoms with Crippen LogP contribution >= 0.6 is 0 Å². The minimum atomic E-state index is -0.142. The fourth-order valence-corrected chi connectivity index (χ4v) is 1.77. The molecule has 5 nitrogen and oxygen atoms in total. The highest BCUT2D eigenvalue weighted by Gasteiger charge is 2.18. The minimum Gasteiger partial charge on any atom is -0.466 e. The molecule has 1 heterocycles. The van der Waals surface area contributed by atoms with Crippen LogP contribution in [0.3, 0.4) is 0 Å². The lowest BCUT2D eigenvalue weighted by Crippen LogP contribution is -2.48. The summed E-state index contributed by atoms with van der Waals surface area (Å²) in [6.45, 7) is 7.79. The average molecular weight is 228 g/mol. The third-order valence-electron chi connectivity index (χ3n) is 2.76. The Balaban J connectivity index is 2.17. The molecule has 1 aliphatic rings. The zero-order chi connectivity index (χ0) is 12.0. The Hall–Kier alpha value is -1.10. The summed E-state index contributed by atoms with van der Waals surface area (Å²) in [5, 5.41) is 0. The number of nitrogens with zero attached hydrogens (tertiary/aromatic N) is 2. The lowest BCUT2D eigenvalue weighted by atomic mass is 10.3. The van der Waals surface area contributed by atoms with E-state index in [4.69, 9.17) is 4.74 Å². The van der Waals surface area contributed by atoms with Crippen LogP contribution in [0.1, 0.15) is 20.3 Å². The molecule has 0 aromatic heterocycles. The SMILES string of the molecule is CCOC(=O)CCN1CCN(C(C)=O)CC1. The fourth-order valence-electron chi connectivity index (χ4n) is 1.77. The van der Waals surface area contributed by atoms with Crippen molar-refractivity contribution in [3.05, 3.63) is 0 Å². The maximum absolute atomic E-state index is 11.1. The molecule has 0 spiro atoms. The molecule has 5 heteroatoms. The summed E-state index contributed by atoms with van der Waals surface area (Å²) < 4.78 is 4.86. The van der Waals surface area contributed by atoms with E-state index < -0.39 is 0 Å². The molecule has 0 unspecified atom stereocenters. The van der Waals surface area contributed by atoms with Gasteiger partial charge in [-0.2, -0.15) is 0 Å². The summed E-state index contributed by atoms with van der Waals surface area (Å²) in [4.78, 5) is 26.3. The average Bonchev–Trinajstić information content (AvgIpc) is 2.27. The number of rotatable bonds is 4. The number of amides is 1. The molecule has 1 rings (SSSR count). The molecule has 0 atom stereocenters. The standard InChI is InChI=1S/C11H20N2O3/c1-3-16-11(15)4-5-12-6-8-13(9-7-12)10(2)14/h3-9H2,1-2H3. The van der Waals surface area contributed by atoms with Crippen molar-refractivity contribution in [1.29, 1.82) is 0 Å². The second-order valence-electron chi connectivity index (χ2n) is 3.90.